The molecule has 0 aliphatic carbocycles. The van der Waals surface area contributed by atoms with Gasteiger partial charge in [0.15, 0.2) is 0 Å². The normalized spacial score (nSPS) is 11.0. The predicted octanol–water partition coefficient (Wildman–Crippen LogP) is 8.13. The number of carbonyl (C=O) groups is 1. The average Bonchev–Trinajstić information content (AvgIpc) is 2.78. The lowest BCUT2D eigenvalue weighted by Gasteiger charge is -2.20. The molecule has 2 amide bonds. The number of phenols is 1. The van der Waals surface area contributed by atoms with E-state index in [-0.39, 0.29) is 11.8 Å². The molecule has 0 saturated heterocycles. The molecular formula is C27H48N2O2S. The molecule has 0 aliphatic rings. The molecule has 184 valence electrons. The van der Waals surface area contributed by atoms with Crippen molar-refractivity contribution in [1.82, 2.24) is 4.90 Å². The minimum absolute atomic E-state index is 0.275. The number of urea groups is 1. The van der Waals surface area contributed by atoms with Crippen LogP contribution in [-0.4, -0.2) is 34.9 Å². The summed E-state index contributed by atoms with van der Waals surface area (Å²) in [7, 11) is 0. The van der Waals surface area contributed by atoms with E-state index in [0.717, 1.165) is 23.6 Å². The van der Waals surface area contributed by atoms with Gasteiger partial charge in [0.05, 0.1) is 0 Å². The highest BCUT2D eigenvalue weighted by Crippen LogP contribution is 2.21. The first kappa shape index (κ1) is 28.7. The second-order valence-electron chi connectivity index (χ2n) is 8.97. The lowest BCUT2D eigenvalue weighted by atomic mass is 10.0. The first-order valence-corrected chi connectivity index (χ1v) is 14.1. The number of nitrogens with two attached hydrogens (primary N) is 1. The Labute approximate surface area is 201 Å². The molecule has 0 heterocycles. The third kappa shape index (κ3) is 16.3. The van der Waals surface area contributed by atoms with Gasteiger partial charge in [-0.05, 0) is 30.7 Å². The Morgan fingerprint density at radius 2 is 1.19 bits per heavy atom. The molecule has 0 fully saturated rings. The Kier molecular flexibility index (Phi) is 18.2. The van der Waals surface area contributed by atoms with E-state index < -0.39 is 0 Å². The number of hydrogen-bond donors (Lipinski definition) is 2. The summed E-state index contributed by atoms with van der Waals surface area (Å²) in [4.78, 5) is 14.5. The molecular weight excluding hydrogens is 416 g/mol. The van der Waals surface area contributed by atoms with E-state index in [1.165, 1.54) is 96.3 Å². The summed E-state index contributed by atoms with van der Waals surface area (Å²) < 4.78 is 0. The van der Waals surface area contributed by atoms with E-state index in [1.54, 1.807) is 28.8 Å². The van der Waals surface area contributed by atoms with Crippen molar-refractivity contribution in [3.8, 4) is 5.75 Å². The van der Waals surface area contributed by atoms with Crippen LogP contribution in [0.3, 0.4) is 0 Å². The van der Waals surface area contributed by atoms with Crippen LogP contribution >= 0.6 is 11.8 Å². The van der Waals surface area contributed by atoms with Crippen LogP contribution in [0, 0.1) is 0 Å². The smallest absolute Gasteiger partial charge is 0.314 e. The molecule has 5 heteroatoms. The van der Waals surface area contributed by atoms with Gasteiger partial charge >= 0.3 is 6.03 Å². The molecule has 3 N–H and O–H groups in total. The van der Waals surface area contributed by atoms with Crippen molar-refractivity contribution in [2.45, 2.75) is 115 Å². The Hall–Kier alpha value is -1.36. The van der Waals surface area contributed by atoms with Gasteiger partial charge in [0.2, 0.25) is 0 Å². The van der Waals surface area contributed by atoms with Crippen LogP contribution in [0.15, 0.2) is 29.2 Å². The number of aromatic hydroxyl groups is 1. The number of benzene rings is 1. The highest BCUT2D eigenvalue weighted by molar-refractivity contribution is 7.99. The zero-order valence-corrected chi connectivity index (χ0v) is 21.3. The SMILES string of the molecule is CCCCCCCCCCCCCCCCCCN(CCSc1ccc(O)cc1)C(N)=O. The van der Waals surface area contributed by atoms with Crippen molar-refractivity contribution in [1.29, 1.82) is 0 Å². The highest BCUT2D eigenvalue weighted by Gasteiger charge is 2.09. The van der Waals surface area contributed by atoms with E-state index in [2.05, 4.69) is 6.92 Å². The fourth-order valence-corrected chi connectivity index (χ4v) is 4.87. The van der Waals surface area contributed by atoms with Crippen molar-refractivity contribution in [2.75, 3.05) is 18.8 Å². The van der Waals surface area contributed by atoms with E-state index in [0.29, 0.717) is 6.54 Å². The van der Waals surface area contributed by atoms with Crippen molar-refractivity contribution < 1.29 is 9.90 Å². The van der Waals surface area contributed by atoms with Crippen LogP contribution in [0.5, 0.6) is 5.75 Å². The summed E-state index contributed by atoms with van der Waals surface area (Å²) in [6.45, 7) is 3.70. The predicted molar refractivity (Wildman–Crippen MR) is 140 cm³/mol. The van der Waals surface area contributed by atoms with Crippen molar-refractivity contribution in [3.63, 3.8) is 0 Å². The molecule has 0 saturated carbocycles. The molecule has 0 atom stereocenters. The van der Waals surface area contributed by atoms with Crippen LogP contribution in [0.1, 0.15) is 110 Å². The van der Waals surface area contributed by atoms with Crippen LogP contribution in [-0.2, 0) is 0 Å². The van der Waals surface area contributed by atoms with E-state index in [4.69, 9.17) is 5.73 Å². The molecule has 32 heavy (non-hydrogen) atoms. The van der Waals surface area contributed by atoms with Gasteiger partial charge in [-0.25, -0.2) is 4.79 Å². The van der Waals surface area contributed by atoms with E-state index in [9.17, 15) is 9.90 Å². The Bertz CT molecular complexity index is 565. The van der Waals surface area contributed by atoms with Gasteiger partial charge in [-0.2, -0.15) is 0 Å². The number of unbranched alkanes of at least 4 members (excludes halogenated alkanes) is 15. The van der Waals surface area contributed by atoms with Crippen LogP contribution < -0.4 is 5.73 Å². The molecule has 0 radical (unpaired) electrons. The summed E-state index contributed by atoms with van der Waals surface area (Å²) in [5.41, 5.74) is 5.55. The topological polar surface area (TPSA) is 66.6 Å². The Balaban J connectivity index is 1.90. The fraction of sp³-hybridized carbons (Fsp3) is 0.741. The monoisotopic (exact) mass is 464 g/mol. The van der Waals surface area contributed by atoms with Gasteiger partial charge < -0.3 is 15.7 Å². The molecule has 1 aromatic carbocycles. The minimum Gasteiger partial charge on any atom is -0.508 e. The third-order valence-corrected chi connectivity index (χ3v) is 7.05. The maximum atomic E-state index is 11.7. The number of primary amides is 1. The van der Waals surface area contributed by atoms with Crippen molar-refractivity contribution >= 4 is 17.8 Å². The summed E-state index contributed by atoms with van der Waals surface area (Å²) >= 11 is 1.68. The van der Waals surface area contributed by atoms with Gasteiger partial charge in [-0.15, -0.1) is 11.8 Å². The minimum atomic E-state index is -0.322. The molecule has 0 aliphatic heterocycles. The zero-order valence-electron chi connectivity index (χ0n) is 20.5. The van der Waals surface area contributed by atoms with Crippen LogP contribution in [0.25, 0.3) is 0 Å². The molecule has 0 spiro atoms. The number of rotatable bonds is 21. The van der Waals surface area contributed by atoms with Gasteiger partial charge in [-0.1, -0.05) is 103 Å². The molecule has 1 aromatic rings. The second kappa shape index (κ2) is 20.3. The Morgan fingerprint density at radius 1 is 0.750 bits per heavy atom. The summed E-state index contributed by atoms with van der Waals surface area (Å²) in [6, 6.07) is 6.83. The summed E-state index contributed by atoms with van der Waals surface area (Å²) in [5, 5.41) is 9.33. The first-order chi connectivity index (χ1) is 15.6. The van der Waals surface area contributed by atoms with Crippen LogP contribution in [0.4, 0.5) is 4.79 Å². The van der Waals surface area contributed by atoms with E-state index in [1.807, 2.05) is 12.1 Å². The molecule has 4 nitrogen and oxygen atoms in total. The van der Waals surface area contributed by atoms with Crippen LogP contribution in [0.2, 0.25) is 0 Å². The Morgan fingerprint density at radius 3 is 1.62 bits per heavy atom. The number of carbonyl (C=O) groups excluding carboxylic acids is 1. The van der Waals surface area contributed by atoms with Gasteiger partial charge in [-0.3, -0.25) is 0 Å². The lowest BCUT2D eigenvalue weighted by Crippen LogP contribution is -2.38. The fourth-order valence-electron chi connectivity index (χ4n) is 4.00. The van der Waals surface area contributed by atoms with Crippen molar-refractivity contribution in [2.24, 2.45) is 5.73 Å². The number of nitrogens with zero attached hydrogens (tertiary/aromatic N) is 1. The van der Waals surface area contributed by atoms with E-state index >= 15 is 0 Å². The largest absolute Gasteiger partial charge is 0.508 e. The number of amides is 2. The molecule has 0 aromatic heterocycles. The number of hydrogen-bond acceptors (Lipinski definition) is 3. The summed E-state index contributed by atoms with van der Waals surface area (Å²) in [6.07, 6.45) is 21.6. The molecule has 0 bridgehead atoms. The van der Waals surface area contributed by atoms with Gasteiger partial charge in [0.25, 0.3) is 0 Å². The van der Waals surface area contributed by atoms with Gasteiger partial charge in [0, 0.05) is 23.7 Å². The van der Waals surface area contributed by atoms with Crippen molar-refractivity contribution in [3.05, 3.63) is 24.3 Å². The molecule has 0 unspecified atom stereocenters. The van der Waals surface area contributed by atoms with Gasteiger partial charge in [0.1, 0.15) is 5.75 Å². The zero-order chi connectivity index (χ0) is 23.3. The summed E-state index contributed by atoms with van der Waals surface area (Å²) in [5.74, 6) is 1.09. The quantitative estimate of drug-likeness (QED) is 0.142. The highest BCUT2D eigenvalue weighted by atomic mass is 32.2. The maximum absolute atomic E-state index is 11.7. The maximum Gasteiger partial charge on any atom is 0.314 e. The standard InChI is InChI=1S/C27H48N2O2S/c1-2-3-4-5-6-7-8-9-10-11-12-13-14-15-16-17-22-29(27(28)31)23-24-32-26-20-18-25(30)19-21-26/h18-21,30H,2-17,22-24H2,1H3,(H2,28,31). The number of thioether (sulfide) groups is 1. The number of phenolic OH excluding ortho intramolecular Hbond substituents is 1. The molecule has 1 rings (SSSR count). The lowest BCUT2D eigenvalue weighted by molar-refractivity contribution is 0.209. The average molecular weight is 465 g/mol. The first-order valence-electron chi connectivity index (χ1n) is 13.1. The second-order valence-corrected chi connectivity index (χ2v) is 10.1. The third-order valence-electron chi connectivity index (χ3n) is 6.06.